The third-order valence-corrected chi connectivity index (χ3v) is 5.76. The zero-order valence-corrected chi connectivity index (χ0v) is 17.3. The van der Waals surface area contributed by atoms with E-state index >= 15 is 0 Å². The van der Waals surface area contributed by atoms with Crippen molar-refractivity contribution in [1.29, 1.82) is 0 Å². The van der Waals surface area contributed by atoms with Crippen molar-refractivity contribution in [3.05, 3.63) is 35.1 Å². The topological polar surface area (TPSA) is 62.6 Å². The van der Waals surface area contributed by atoms with Gasteiger partial charge in [0.2, 0.25) is 5.91 Å². The van der Waals surface area contributed by atoms with E-state index in [0.29, 0.717) is 18.8 Å². The average Bonchev–Trinajstić information content (AvgIpc) is 3.05. The highest BCUT2D eigenvalue weighted by Crippen LogP contribution is 2.29. The average molecular weight is 385 g/mol. The minimum atomic E-state index is -0.129. The van der Waals surface area contributed by atoms with Gasteiger partial charge in [0.25, 0.3) is 5.91 Å². The molecule has 0 bridgehead atoms. The number of fused-ring (bicyclic) bond motifs is 1. The van der Waals surface area contributed by atoms with Crippen molar-refractivity contribution in [1.82, 2.24) is 10.2 Å². The van der Waals surface area contributed by atoms with Crippen LogP contribution >= 0.6 is 0 Å². The number of para-hydroxylation sites is 1. The van der Waals surface area contributed by atoms with Gasteiger partial charge in [-0.15, -0.1) is 0 Å². The lowest BCUT2D eigenvalue weighted by atomic mass is 9.96. The summed E-state index contributed by atoms with van der Waals surface area (Å²) in [6, 6.07) is 5.96. The van der Waals surface area contributed by atoms with Gasteiger partial charge in [-0.2, -0.15) is 0 Å². The van der Waals surface area contributed by atoms with Gasteiger partial charge in [0, 0.05) is 30.6 Å². The molecule has 5 nitrogen and oxygen atoms in total. The number of carbonyl (C=O) groups is 2. The summed E-state index contributed by atoms with van der Waals surface area (Å²) in [5.41, 5.74) is 2.69. The van der Waals surface area contributed by atoms with Crippen molar-refractivity contribution in [2.75, 3.05) is 19.6 Å². The maximum atomic E-state index is 13.1. The molecule has 2 heterocycles. The highest BCUT2D eigenvalue weighted by atomic mass is 16.3. The van der Waals surface area contributed by atoms with Gasteiger partial charge in [-0.25, -0.2) is 0 Å². The van der Waals surface area contributed by atoms with Crippen molar-refractivity contribution >= 4 is 22.8 Å². The van der Waals surface area contributed by atoms with Crippen LogP contribution in [-0.2, 0) is 4.79 Å². The van der Waals surface area contributed by atoms with E-state index in [1.54, 1.807) is 4.90 Å². The van der Waals surface area contributed by atoms with Crippen LogP contribution in [0.4, 0.5) is 0 Å². The van der Waals surface area contributed by atoms with Crippen molar-refractivity contribution in [2.45, 2.75) is 59.3 Å². The molecule has 2 amide bonds. The Morgan fingerprint density at radius 2 is 2.04 bits per heavy atom. The molecule has 3 rings (SSSR count). The Morgan fingerprint density at radius 3 is 2.79 bits per heavy atom. The van der Waals surface area contributed by atoms with Crippen molar-refractivity contribution < 1.29 is 14.0 Å². The quantitative estimate of drug-likeness (QED) is 0.710. The number of amides is 2. The van der Waals surface area contributed by atoms with Gasteiger partial charge in [0.1, 0.15) is 5.58 Å². The maximum absolute atomic E-state index is 13.1. The zero-order chi connectivity index (χ0) is 20.1. The Balaban J connectivity index is 1.64. The number of rotatable bonds is 7. The lowest BCUT2D eigenvalue weighted by Gasteiger charge is -2.31. The smallest absolute Gasteiger partial charge is 0.289 e. The van der Waals surface area contributed by atoms with E-state index in [0.717, 1.165) is 54.3 Å². The first-order chi connectivity index (χ1) is 13.5. The number of likely N-dealkylation sites (tertiary alicyclic amines) is 1. The van der Waals surface area contributed by atoms with E-state index in [4.69, 9.17) is 4.42 Å². The van der Waals surface area contributed by atoms with E-state index in [1.165, 1.54) is 12.8 Å². The minimum absolute atomic E-state index is 0.0752. The van der Waals surface area contributed by atoms with Crippen LogP contribution in [-0.4, -0.2) is 36.3 Å². The lowest BCUT2D eigenvalue weighted by Crippen LogP contribution is -2.45. The molecule has 1 aliphatic heterocycles. The van der Waals surface area contributed by atoms with Gasteiger partial charge in [-0.3, -0.25) is 9.59 Å². The molecule has 0 aliphatic carbocycles. The third-order valence-electron chi connectivity index (χ3n) is 5.76. The largest absolute Gasteiger partial charge is 0.450 e. The molecular formula is C23H32N2O3. The summed E-state index contributed by atoms with van der Waals surface area (Å²) < 4.78 is 5.95. The number of nitrogens with zero attached hydrogens (tertiary/aromatic N) is 1. The van der Waals surface area contributed by atoms with Crippen LogP contribution in [0.3, 0.4) is 0 Å². The number of unbranched alkanes of at least 4 members (excludes halogenated alkanes) is 3. The van der Waals surface area contributed by atoms with Crippen LogP contribution in [0.2, 0.25) is 0 Å². The van der Waals surface area contributed by atoms with Crippen molar-refractivity contribution in [3.8, 4) is 0 Å². The van der Waals surface area contributed by atoms with Gasteiger partial charge >= 0.3 is 0 Å². The molecule has 5 heteroatoms. The molecule has 1 atom stereocenters. The second-order valence-electron chi connectivity index (χ2n) is 7.95. The summed E-state index contributed by atoms with van der Waals surface area (Å²) in [6.07, 6.45) is 6.25. The molecule has 0 radical (unpaired) electrons. The molecule has 152 valence electrons. The second kappa shape index (κ2) is 9.26. The fourth-order valence-electron chi connectivity index (χ4n) is 4.02. The monoisotopic (exact) mass is 384 g/mol. The molecule has 1 saturated heterocycles. The number of carbonyl (C=O) groups excluding carboxylic acids is 2. The molecule has 0 saturated carbocycles. The number of hydrogen-bond acceptors (Lipinski definition) is 3. The van der Waals surface area contributed by atoms with E-state index < -0.39 is 0 Å². The number of nitrogens with one attached hydrogen (secondary N) is 1. The first-order valence-corrected chi connectivity index (χ1v) is 10.6. The normalized spacial score (nSPS) is 17.1. The molecule has 2 aromatic rings. The molecule has 1 unspecified atom stereocenters. The fraction of sp³-hybridized carbons (Fsp3) is 0.565. The predicted molar refractivity (Wildman–Crippen MR) is 111 cm³/mol. The second-order valence-corrected chi connectivity index (χ2v) is 7.95. The van der Waals surface area contributed by atoms with Crippen molar-refractivity contribution in [2.24, 2.45) is 5.92 Å². The van der Waals surface area contributed by atoms with Gasteiger partial charge < -0.3 is 14.6 Å². The van der Waals surface area contributed by atoms with Crippen LogP contribution in [0.25, 0.3) is 11.0 Å². The number of hydrogen-bond donors (Lipinski definition) is 1. The zero-order valence-electron chi connectivity index (χ0n) is 17.3. The van der Waals surface area contributed by atoms with Gasteiger partial charge in [0.15, 0.2) is 5.76 Å². The molecule has 0 spiro atoms. The summed E-state index contributed by atoms with van der Waals surface area (Å²) in [5.74, 6) is 0.250. The Bertz CT molecular complexity index is 840. The number of benzene rings is 1. The minimum Gasteiger partial charge on any atom is -0.450 e. The lowest BCUT2D eigenvalue weighted by molar-refractivity contribution is -0.126. The van der Waals surface area contributed by atoms with Gasteiger partial charge in [-0.1, -0.05) is 44.4 Å². The summed E-state index contributed by atoms with van der Waals surface area (Å²) in [5, 5.41) is 4.04. The molecular weight excluding hydrogens is 352 g/mol. The third kappa shape index (κ3) is 4.40. The van der Waals surface area contributed by atoms with Gasteiger partial charge in [0.05, 0.1) is 5.92 Å². The Labute approximate surface area is 167 Å². The summed E-state index contributed by atoms with van der Waals surface area (Å²) in [7, 11) is 0. The van der Waals surface area contributed by atoms with Crippen LogP contribution in [0.5, 0.6) is 0 Å². The standard InChI is InChI=1S/C23H32N2O3/c1-4-5-6-7-13-24-22(26)18-11-9-14-25(15-18)23(27)21-17(3)19-12-8-10-16(2)20(19)28-21/h8,10,12,18H,4-7,9,11,13-15H2,1-3H3,(H,24,26). The Kier molecular flexibility index (Phi) is 6.76. The van der Waals surface area contributed by atoms with Gasteiger partial charge in [-0.05, 0) is 38.7 Å². The first kappa shape index (κ1) is 20.4. The summed E-state index contributed by atoms with van der Waals surface area (Å²) >= 11 is 0. The molecule has 1 aromatic heterocycles. The SMILES string of the molecule is CCCCCCNC(=O)C1CCCN(C(=O)c2oc3c(C)cccc3c2C)C1. The highest BCUT2D eigenvalue weighted by molar-refractivity contribution is 5.99. The fourth-order valence-corrected chi connectivity index (χ4v) is 4.02. The Hall–Kier alpha value is -2.30. The molecule has 1 N–H and O–H groups in total. The number of aryl methyl sites for hydroxylation is 2. The highest BCUT2D eigenvalue weighted by Gasteiger charge is 2.31. The van der Waals surface area contributed by atoms with Crippen LogP contribution in [0.1, 0.15) is 67.1 Å². The predicted octanol–water partition coefficient (Wildman–Crippen LogP) is 4.60. The number of furan rings is 1. The van der Waals surface area contributed by atoms with E-state index in [2.05, 4.69) is 12.2 Å². The number of piperidine rings is 1. The summed E-state index contributed by atoms with van der Waals surface area (Å²) in [4.78, 5) is 27.4. The van der Waals surface area contributed by atoms with E-state index in [1.807, 2.05) is 32.0 Å². The molecule has 1 aliphatic rings. The van der Waals surface area contributed by atoms with E-state index in [-0.39, 0.29) is 17.7 Å². The molecule has 28 heavy (non-hydrogen) atoms. The van der Waals surface area contributed by atoms with E-state index in [9.17, 15) is 9.59 Å². The molecule has 1 aromatic carbocycles. The Morgan fingerprint density at radius 1 is 1.21 bits per heavy atom. The van der Waals surface area contributed by atoms with Crippen LogP contribution in [0.15, 0.2) is 22.6 Å². The van der Waals surface area contributed by atoms with Crippen LogP contribution in [0, 0.1) is 19.8 Å². The van der Waals surface area contributed by atoms with Crippen LogP contribution < -0.4 is 5.32 Å². The summed E-state index contributed by atoms with van der Waals surface area (Å²) in [6.45, 7) is 7.97. The van der Waals surface area contributed by atoms with Crippen molar-refractivity contribution in [3.63, 3.8) is 0 Å². The first-order valence-electron chi connectivity index (χ1n) is 10.6. The molecule has 1 fully saturated rings. The maximum Gasteiger partial charge on any atom is 0.289 e.